The second kappa shape index (κ2) is 3.79. The van der Waals surface area contributed by atoms with Gasteiger partial charge in [0.25, 0.3) is 0 Å². The molecule has 1 aliphatic rings. The van der Waals surface area contributed by atoms with Crippen molar-refractivity contribution in [2.75, 3.05) is 0 Å². The van der Waals surface area contributed by atoms with Gasteiger partial charge in [-0.3, -0.25) is 4.99 Å². The van der Waals surface area contributed by atoms with Gasteiger partial charge in [-0.05, 0) is 6.08 Å². The summed E-state index contributed by atoms with van der Waals surface area (Å²) in [5, 5.41) is 28.8. The van der Waals surface area contributed by atoms with Gasteiger partial charge in [0.15, 0.2) is 5.84 Å². The molecule has 0 saturated carbocycles. The van der Waals surface area contributed by atoms with Crippen LogP contribution < -0.4 is 5.73 Å². The van der Waals surface area contributed by atoms with Crippen molar-refractivity contribution in [1.82, 2.24) is 0 Å². The lowest BCUT2D eigenvalue weighted by Gasteiger charge is -2.22. The van der Waals surface area contributed by atoms with Crippen molar-refractivity contribution in [1.29, 1.82) is 5.26 Å². The van der Waals surface area contributed by atoms with Crippen molar-refractivity contribution in [3.8, 4) is 6.07 Å². The smallest absolute Gasteiger partial charge is 0.350 e. The van der Waals surface area contributed by atoms with E-state index < -0.39 is 11.4 Å². The molecular formula is C8H8N4O3. The summed E-state index contributed by atoms with van der Waals surface area (Å²) in [5.41, 5.74) is 3.70. The van der Waals surface area contributed by atoms with E-state index in [-0.39, 0.29) is 18.0 Å². The number of carboxylic acids is 1. The van der Waals surface area contributed by atoms with E-state index in [1.165, 1.54) is 6.08 Å². The van der Waals surface area contributed by atoms with Gasteiger partial charge in [-0.1, -0.05) is 5.16 Å². The van der Waals surface area contributed by atoms with Gasteiger partial charge in [-0.15, -0.1) is 0 Å². The summed E-state index contributed by atoms with van der Waals surface area (Å²) >= 11 is 0. The number of carbonyl (C=O) groups is 1. The minimum absolute atomic E-state index is 0.203. The van der Waals surface area contributed by atoms with Crippen LogP contribution in [0.1, 0.15) is 6.42 Å². The number of hydrogen-bond donors (Lipinski definition) is 3. The Morgan fingerprint density at radius 3 is 2.93 bits per heavy atom. The molecule has 0 aromatic carbocycles. The van der Waals surface area contributed by atoms with Crippen molar-refractivity contribution in [3.63, 3.8) is 0 Å². The third-order valence-corrected chi connectivity index (χ3v) is 2.05. The fraction of sp³-hybridized carbons (Fsp3) is 0.250. The van der Waals surface area contributed by atoms with E-state index in [0.29, 0.717) is 0 Å². The second-order valence-electron chi connectivity index (χ2n) is 2.94. The van der Waals surface area contributed by atoms with Crippen molar-refractivity contribution < 1.29 is 15.1 Å². The number of aliphatic imine (C=N–C) groups is 1. The van der Waals surface area contributed by atoms with E-state index >= 15 is 0 Å². The molecule has 4 N–H and O–H groups in total. The average molecular weight is 208 g/mol. The molecule has 1 rings (SSSR count). The Hall–Kier alpha value is -2.36. The lowest BCUT2D eigenvalue weighted by Crippen LogP contribution is -2.39. The molecule has 15 heavy (non-hydrogen) atoms. The summed E-state index contributed by atoms with van der Waals surface area (Å²) in [6.45, 7) is 0. The summed E-state index contributed by atoms with van der Waals surface area (Å²) in [6.07, 6.45) is 2.24. The predicted molar refractivity (Wildman–Crippen MR) is 50.3 cm³/mol. The summed E-state index contributed by atoms with van der Waals surface area (Å²) in [6, 6.07) is 1.81. The van der Waals surface area contributed by atoms with Crippen molar-refractivity contribution >= 4 is 17.5 Å². The quantitative estimate of drug-likeness (QED) is 0.247. The third-order valence-electron chi connectivity index (χ3n) is 2.05. The largest absolute Gasteiger partial charge is 0.477 e. The van der Waals surface area contributed by atoms with Gasteiger partial charge in [0, 0.05) is 12.6 Å². The molecule has 0 radical (unpaired) electrons. The van der Waals surface area contributed by atoms with Crippen LogP contribution in [-0.2, 0) is 4.79 Å². The van der Waals surface area contributed by atoms with Gasteiger partial charge in [-0.25, -0.2) is 4.79 Å². The maximum atomic E-state index is 10.7. The van der Waals surface area contributed by atoms with Crippen LogP contribution in [0.25, 0.3) is 0 Å². The number of nitrogens with two attached hydrogens (primary N) is 1. The first kappa shape index (κ1) is 10.7. The zero-order chi connectivity index (χ0) is 11.5. The number of oxime groups is 1. The highest BCUT2D eigenvalue weighted by Gasteiger charge is 2.38. The molecule has 1 unspecified atom stereocenters. The minimum Gasteiger partial charge on any atom is -0.477 e. The topological polar surface area (TPSA) is 132 Å². The Bertz CT molecular complexity index is 418. The highest BCUT2D eigenvalue weighted by molar-refractivity contribution is 6.36. The summed E-state index contributed by atoms with van der Waals surface area (Å²) in [5.74, 6) is -1.58. The molecule has 0 aromatic heterocycles. The van der Waals surface area contributed by atoms with Crippen LogP contribution in [0.4, 0.5) is 0 Å². The number of nitrogens with zero attached hydrogens (tertiary/aromatic N) is 3. The molecule has 0 spiro atoms. The molecule has 1 atom stereocenters. The number of amidine groups is 1. The Balaban J connectivity index is 3.11. The maximum absolute atomic E-state index is 10.7. The van der Waals surface area contributed by atoms with Gasteiger partial charge in [0.05, 0.1) is 6.07 Å². The highest BCUT2D eigenvalue weighted by Crippen LogP contribution is 2.27. The van der Waals surface area contributed by atoms with E-state index in [0.717, 1.165) is 6.20 Å². The monoisotopic (exact) mass is 208 g/mol. The molecule has 0 aromatic rings. The van der Waals surface area contributed by atoms with E-state index in [1.54, 1.807) is 6.07 Å². The molecule has 0 saturated heterocycles. The summed E-state index contributed by atoms with van der Waals surface area (Å²) in [7, 11) is 0. The Morgan fingerprint density at radius 2 is 2.47 bits per heavy atom. The predicted octanol–water partition coefficient (Wildman–Crippen LogP) is -0.314. The van der Waals surface area contributed by atoms with E-state index in [2.05, 4.69) is 10.1 Å². The Labute approximate surface area is 84.8 Å². The number of carboxylic acid groups (broad SMARTS) is 1. The van der Waals surface area contributed by atoms with E-state index in [1.807, 2.05) is 0 Å². The lowest BCUT2D eigenvalue weighted by atomic mass is 9.81. The first-order valence-electron chi connectivity index (χ1n) is 3.92. The van der Waals surface area contributed by atoms with Gasteiger partial charge < -0.3 is 16.0 Å². The van der Waals surface area contributed by atoms with Crippen molar-refractivity contribution in [2.45, 2.75) is 6.42 Å². The normalized spacial score (nSPS) is 25.5. The van der Waals surface area contributed by atoms with E-state index in [4.69, 9.17) is 21.3 Å². The highest BCUT2D eigenvalue weighted by atomic mass is 16.4. The molecule has 7 nitrogen and oxygen atoms in total. The van der Waals surface area contributed by atoms with Gasteiger partial charge in [0.2, 0.25) is 0 Å². The third kappa shape index (κ3) is 1.78. The van der Waals surface area contributed by atoms with Crippen LogP contribution >= 0.6 is 0 Å². The van der Waals surface area contributed by atoms with Crippen LogP contribution in [0, 0.1) is 16.7 Å². The molecule has 0 aliphatic carbocycles. The van der Waals surface area contributed by atoms with Crippen LogP contribution in [0.2, 0.25) is 0 Å². The van der Waals surface area contributed by atoms with Crippen LogP contribution in [0.15, 0.2) is 22.4 Å². The SMILES string of the molecule is N#CC1(/C(N)=N/O)C=CN=C(C(=O)O)C1. The Morgan fingerprint density at radius 1 is 1.80 bits per heavy atom. The average Bonchev–Trinajstić information content (AvgIpc) is 2.27. The molecule has 78 valence electrons. The van der Waals surface area contributed by atoms with Crippen LogP contribution in [0.3, 0.4) is 0 Å². The zero-order valence-corrected chi connectivity index (χ0v) is 7.58. The first-order valence-corrected chi connectivity index (χ1v) is 3.92. The van der Waals surface area contributed by atoms with Gasteiger partial charge in [-0.2, -0.15) is 5.26 Å². The molecule has 7 heteroatoms. The molecule has 1 aliphatic heterocycles. The van der Waals surface area contributed by atoms with Crippen LogP contribution in [-0.4, -0.2) is 27.8 Å². The Kier molecular flexibility index (Phi) is 2.71. The standard InChI is InChI=1S/C8H8N4O3/c9-4-8(7(10)12-15)1-2-11-5(3-8)6(13)14/h1-2,15H,3H2,(H2,10,12)(H,13,14). The molecule has 0 amide bonds. The lowest BCUT2D eigenvalue weighted by molar-refractivity contribution is -0.129. The molecule has 0 bridgehead atoms. The second-order valence-corrected chi connectivity index (χ2v) is 2.94. The first-order chi connectivity index (χ1) is 7.05. The maximum Gasteiger partial charge on any atom is 0.350 e. The number of hydrogen-bond acceptors (Lipinski definition) is 5. The minimum atomic E-state index is -1.43. The number of nitriles is 1. The number of rotatable bonds is 2. The van der Waals surface area contributed by atoms with Crippen LogP contribution in [0.5, 0.6) is 0 Å². The van der Waals surface area contributed by atoms with Gasteiger partial charge in [0.1, 0.15) is 11.1 Å². The molecular weight excluding hydrogens is 200 g/mol. The fourth-order valence-electron chi connectivity index (χ4n) is 1.15. The van der Waals surface area contributed by atoms with E-state index in [9.17, 15) is 4.79 Å². The summed E-state index contributed by atoms with van der Waals surface area (Å²) in [4.78, 5) is 14.2. The fourth-order valence-corrected chi connectivity index (χ4v) is 1.15. The number of aliphatic carboxylic acids is 1. The zero-order valence-electron chi connectivity index (χ0n) is 7.58. The van der Waals surface area contributed by atoms with Crippen molar-refractivity contribution in [2.24, 2.45) is 21.3 Å². The van der Waals surface area contributed by atoms with Gasteiger partial charge >= 0.3 is 5.97 Å². The summed E-state index contributed by atoms with van der Waals surface area (Å²) < 4.78 is 0. The molecule has 0 fully saturated rings. The van der Waals surface area contributed by atoms with Crippen molar-refractivity contribution in [3.05, 3.63) is 12.3 Å². The molecule has 1 heterocycles.